The van der Waals surface area contributed by atoms with Crippen molar-refractivity contribution in [1.82, 2.24) is 30.7 Å². The summed E-state index contributed by atoms with van der Waals surface area (Å²) in [4.78, 5) is 12.7. The highest BCUT2D eigenvalue weighted by atomic mass is 19.1. The van der Waals surface area contributed by atoms with Crippen LogP contribution in [-0.4, -0.2) is 37.4 Å². The van der Waals surface area contributed by atoms with E-state index in [0.29, 0.717) is 5.56 Å². The molecule has 0 saturated carbocycles. The Morgan fingerprint density at radius 1 is 1.19 bits per heavy atom. The Morgan fingerprint density at radius 3 is 2.68 bits per heavy atom. The highest BCUT2D eigenvalue weighted by Crippen LogP contribution is 2.26. The summed E-state index contributed by atoms with van der Waals surface area (Å²) in [5, 5.41) is 18.7. The van der Waals surface area contributed by atoms with Crippen LogP contribution < -0.4 is 11.2 Å². The first kappa shape index (κ1) is 19.8. The standard InChI is InChI=1S/C19H14F2N8O2/c1-10-2-4-11(5-3-10)16-15(24-28-29(16)18-17(22)26-31-27-18)19(30)25-23-9-12-8-13(20)6-7-14(12)21/h2-9H,1H3,(H2,22,26)(H,25,30). The van der Waals surface area contributed by atoms with Gasteiger partial charge in [-0.1, -0.05) is 35.0 Å². The molecule has 3 N–H and O–H groups in total. The van der Waals surface area contributed by atoms with Crippen LogP contribution in [0.1, 0.15) is 21.6 Å². The summed E-state index contributed by atoms with van der Waals surface area (Å²) < 4.78 is 32.8. The lowest BCUT2D eigenvalue weighted by Gasteiger charge is -2.06. The van der Waals surface area contributed by atoms with Gasteiger partial charge in [0.2, 0.25) is 11.6 Å². The van der Waals surface area contributed by atoms with E-state index in [1.165, 1.54) is 4.68 Å². The number of nitrogen functional groups attached to an aromatic ring is 1. The van der Waals surface area contributed by atoms with E-state index >= 15 is 0 Å². The number of amides is 1. The van der Waals surface area contributed by atoms with Crippen molar-refractivity contribution >= 4 is 17.9 Å². The smallest absolute Gasteiger partial charge is 0.294 e. The number of carbonyl (C=O) groups excluding carboxylic acids is 1. The molecule has 2 heterocycles. The average Bonchev–Trinajstić information content (AvgIpc) is 3.37. The number of aromatic nitrogens is 5. The lowest BCUT2D eigenvalue weighted by atomic mass is 10.1. The number of carbonyl (C=O) groups is 1. The minimum Gasteiger partial charge on any atom is -0.378 e. The molecule has 0 bridgehead atoms. The number of halogens is 2. The van der Waals surface area contributed by atoms with Crippen molar-refractivity contribution in [2.45, 2.75) is 6.92 Å². The maximum absolute atomic E-state index is 13.7. The summed E-state index contributed by atoms with van der Waals surface area (Å²) in [5.41, 5.74) is 9.58. The minimum atomic E-state index is -0.745. The third-order valence-electron chi connectivity index (χ3n) is 4.23. The van der Waals surface area contributed by atoms with E-state index in [4.69, 9.17) is 5.73 Å². The number of nitrogens with two attached hydrogens (primary N) is 1. The van der Waals surface area contributed by atoms with E-state index < -0.39 is 17.5 Å². The third-order valence-corrected chi connectivity index (χ3v) is 4.23. The molecule has 0 saturated heterocycles. The predicted octanol–water partition coefficient (Wildman–Crippen LogP) is 2.25. The van der Waals surface area contributed by atoms with Crippen LogP contribution in [0.15, 0.2) is 52.2 Å². The lowest BCUT2D eigenvalue weighted by molar-refractivity contribution is 0.0950. The minimum absolute atomic E-state index is 0.0486. The topological polar surface area (TPSA) is 137 Å². The summed E-state index contributed by atoms with van der Waals surface area (Å²) in [6, 6.07) is 10.1. The molecular formula is C19H14F2N8O2. The average molecular weight is 424 g/mol. The van der Waals surface area contributed by atoms with Crippen LogP contribution in [0.3, 0.4) is 0 Å². The molecule has 1 amide bonds. The van der Waals surface area contributed by atoms with Crippen LogP contribution in [0.4, 0.5) is 14.6 Å². The van der Waals surface area contributed by atoms with Gasteiger partial charge in [0.05, 0.1) is 6.21 Å². The van der Waals surface area contributed by atoms with Gasteiger partial charge in [-0.3, -0.25) is 4.79 Å². The van der Waals surface area contributed by atoms with Gasteiger partial charge in [0.15, 0.2) is 5.69 Å². The van der Waals surface area contributed by atoms with Crippen LogP contribution in [-0.2, 0) is 0 Å². The van der Waals surface area contributed by atoms with Crippen LogP contribution in [0.5, 0.6) is 0 Å². The SMILES string of the molecule is Cc1ccc(-c2c(C(=O)NN=Cc3cc(F)ccc3F)nnn2-c2nonc2N)cc1. The molecule has 2 aromatic heterocycles. The number of benzene rings is 2. The summed E-state index contributed by atoms with van der Waals surface area (Å²) in [6.45, 7) is 1.91. The highest BCUT2D eigenvalue weighted by Gasteiger charge is 2.25. The molecule has 0 aliphatic heterocycles. The largest absolute Gasteiger partial charge is 0.378 e. The van der Waals surface area contributed by atoms with Crippen LogP contribution in [0, 0.1) is 18.6 Å². The second-order valence-electron chi connectivity index (χ2n) is 6.40. The number of rotatable bonds is 5. The number of anilines is 1. The van der Waals surface area contributed by atoms with E-state index in [2.05, 4.69) is 35.8 Å². The first-order valence-corrected chi connectivity index (χ1v) is 8.83. The quantitative estimate of drug-likeness (QED) is 0.370. The zero-order valence-corrected chi connectivity index (χ0v) is 16.0. The monoisotopic (exact) mass is 424 g/mol. The van der Waals surface area contributed by atoms with Gasteiger partial charge in [0.25, 0.3) is 5.91 Å². The van der Waals surface area contributed by atoms with Crippen molar-refractivity contribution < 1.29 is 18.2 Å². The van der Waals surface area contributed by atoms with Gasteiger partial charge in [-0.05, 0) is 35.4 Å². The fraction of sp³-hybridized carbons (Fsp3) is 0.0526. The van der Waals surface area contributed by atoms with E-state index in [0.717, 1.165) is 30.0 Å². The number of hydrogen-bond acceptors (Lipinski definition) is 8. The van der Waals surface area contributed by atoms with Gasteiger partial charge in [-0.2, -0.15) is 9.78 Å². The first-order chi connectivity index (χ1) is 14.9. The normalized spacial score (nSPS) is 11.2. The molecule has 0 unspecified atom stereocenters. The molecule has 156 valence electrons. The Morgan fingerprint density at radius 2 is 1.97 bits per heavy atom. The molecule has 0 aliphatic rings. The van der Waals surface area contributed by atoms with Gasteiger partial charge >= 0.3 is 0 Å². The van der Waals surface area contributed by atoms with Gasteiger partial charge in [0, 0.05) is 11.1 Å². The Hall–Kier alpha value is -4.48. The number of aryl methyl sites for hydroxylation is 1. The first-order valence-electron chi connectivity index (χ1n) is 8.83. The van der Waals surface area contributed by atoms with Gasteiger partial charge in [-0.25, -0.2) is 18.8 Å². The molecule has 0 radical (unpaired) electrons. The number of nitrogens with one attached hydrogen (secondary N) is 1. The molecule has 10 nitrogen and oxygen atoms in total. The van der Waals surface area contributed by atoms with Crippen molar-refractivity contribution in [1.29, 1.82) is 0 Å². The number of nitrogens with zero attached hydrogens (tertiary/aromatic N) is 6. The lowest BCUT2D eigenvalue weighted by Crippen LogP contribution is -2.19. The molecule has 0 atom stereocenters. The van der Waals surface area contributed by atoms with Crippen LogP contribution in [0.25, 0.3) is 17.1 Å². The Balaban J connectivity index is 1.69. The molecule has 4 aromatic rings. The fourth-order valence-electron chi connectivity index (χ4n) is 2.72. The summed E-state index contributed by atoms with van der Waals surface area (Å²) in [7, 11) is 0. The van der Waals surface area contributed by atoms with Crippen molar-refractivity contribution in [3.8, 4) is 17.1 Å². The van der Waals surface area contributed by atoms with Gasteiger partial charge < -0.3 is 5.73 Å². The second-order valence-corrected chi connectivity index (χ2v) is 6.40. The Bertz CT molecular complexity index is 1280. The van der Waals surface area contributed by atoms with Crippen molar-refractivity contribution in [3.63, 3.8) is 0 Å². The zero-order valence-electron chi connectivity index (χ0n) is 16.0. The Labute approximate surface area is 173 Å². The molecular weight excluding hydrogens is 410 g/mol. The second kappa shape index (κ2) is 8.10. The molecule has 31 heavy (non-hydrogen) atoms. The number of hydrogen-bond donors (Lipinski definition) is 2. The summed E-state index contributed by atoms with van der Waals surface area (Å²) in [6.07, 6.45) is 0.978. The molecule has 0 fully saturated rings. The highest BCUT2D eigenvalue weighted by molar-refractivity contribution is 5.98. The van der Waals surface area contributed by atoms with Crippen LogP contribution >= 0.6 is 0 Å². The predicted molar refractivity (Wildman–Crippen MR) is 105 cm³/mol. The molecule has 2 aromatic carbocycles. The maximum Gasteiger partial charge on any atom is 0.294 e. The Kier molecular flexibility index (Phi) is 5.18. The van der Waals surface area contributed by atoms with Crippen molar-refractivity contribution in [2.24, 2.45) is 5.10 Å². The summed E-state index contributed by atoms with van der Waals surface area (Å²) in [5.74, 6) is -2.08. The maximum atomic E-state index is 13.7. The number of hydrazone groups is 1. The van der Waals surface area contributed by atoms with E-state index in [9.17, 15) is 13.6 Å². The molecule has 4 rings (SSSR count). The summed E-state index contributed by atoms with van der Waals surface area (Å²) >= 11 is 0. The van der Waals surface area contributed by atoms with E-state index in [1.807, 2.05) is 19.1 Å². The van der Waals surface area contributed by atoms with E-state index in [1.54, 1.807) is 12.1 Å². The third kappa shape index (κ3) is 3.99. The molecule has 12 heteroatoms. The van der Waals surface area contributed by atoms with Gasteiger partial charge in [0.1, 0.15) is 17.3 Å². The molecule has 0 aliphatic carbocycles. The molecule has 0 spiro atoms. The van der Waals surface area contributed by atoms with E-state index in [-0.39, 0.29) is 28.6 Å². The fourth-order valence-corrected chi connectivity index (χ4v) is 2.72. The van der Waals surface area contributed by atoms with Crippen LogP contribution in [0.2, 0.25) is 0 Å². The zero-order chi connectivity index (χ0) is 22.0. The van der Waals surface area contributed by atoms with Crippen molar-refractivity contribution in [2.75, 3.05) is 5.73 Å². The van der Waals surface area contributed by atoms with Crippen molar-refractivity contribution in [3.05, 3.63) is 70.9 Å². The van der Waals surface area contributed by atoms with Gasteiger partial charge in [-0.15, -0.1) is 5.10 Å².